The van der Waals surface area contributed by atoms with E-state index < -0.39 is 0 Å². The highest BCUT2D eigenvalue weighted by Gasteiger charge is 2.19. The standard InChI is InChI=1S/C15H20N4/c16-14-6-3-9-18(11-12-19-10-4-8-17-19)15-7-2-1-5-13(14)15/h1-2,4-5,7-8,10,14H,3,6,9,11-12,16H2. The first kappa shape index (κ1) is 12.2. The Labute approximate surface area is 113 Å². The van der Waals surface area contributed by atoms with E-state index in [-0.39, 0.29) is 6.04 Å². The second-order valence-corrected chi connectivity index (χ2v) is 5.06. The molecule has 0 radical (unpaired) electrons. The van der Waals surface area contributed by atoms with E-state index in [2.05, 4.69) is 34.3 Å². The Morgan fingerprint density at radius 2 is 2.11 bits per heavy atom. The summed E-state index contributed by atoms with van der Waals surface area (Å²) in [5, 5.41) is 4.26. The lowest BCUT2D eigenvalue weighted by molar-refractivity contribution is 0.581. The molecule has 1 unspecified atom stereocenters. The minimum absolute atomic E-state index is 0.172. The van der Waals surface area contributed by atoms with Crippen LogP contribution in [-0.4, -0.2) is 22.9 Å². The zero-order chi connectivity index (χ0) is 13.1. The van der Waals surface area contributed by atoms with E-state index in [0.29, 0.717) is 0 Å². The lowest BCUT2D eigenvalue weighted by atomic mass is 10.0. The average Bonchev–Trinajstić information content (AvgIpc) is 2.90. The Hall–Kier alpha value is -1.81. The molecule has 4 nitrogen and oxygen atoms in total. The van der Waals surface area contributed by atoms with Gasteiger partial charge in [-0.1, -0.05) is 18.2 Å². The first-order valence-electron chi connectivity index (χ1n) is 6.91. The Kier molecular flexibility index (Phi) is 3.51. The third-order valence-corrected chi connectivity index (χ3v) is 3.78. The Morgan fingerprint density at radius 1 is 1.21 bits per heavy atom. The summed E-state index contributed by atoms with van der Waals surface area (Å²) in [6.07, 6.45) is 6.05. The Balaban J connectivity index is 1.79. The summed E-state index contributed by atoms with van der Waals surface area (Å²) in [7, 11) is 0. The molecule has 4 heteroatoms. The van der Waals surface area contributed by atoms with Crippen LogP contribution in [0.2, 0.25) is 0 Å². The molecule has 2 aromatic rings. The van der Waals surface area contributed by atoms with Crippen molar-refractivity contribution < 1.29 is 0 Å². The van der Waals surface area contributed by atoms with Gasteiger partial charge < -0.3 is 10.6 Å². The third-order valence-electron chi connectivity index (χ3n) is 3.78. The van der Waals surface area contributed by atoms with E-state index in [9.17, 15) is 0 Å². The number of rotatable bonds is 3. The highest BCUT2D eigenvalue weighted by Crippen LogP contribution is 2.31. The fourth-order valence-corrected chi connectivity index (χ4v) is 2.76. The van der Waals surface area contributed by atoms with Crippen LogP contribution >= 0.6 is 0 Å². The minimum atomic E-state index is 0.172. The lowest BCUT2D eigenvalue weighted by Gasteiger charge is -2.25. The van der Waals surface area contributed by atoms with Crippen LogP contribution < -0.4 is 10.6 Å². The number of anilines is 1. The maximum atomic E-state index is 6.26. The number of hydrogen-bond donors (Lipinski definition) is 1. The van der Waals surface area contributed by atoms with Gasteiger partial charge in [0, 0.05) is 37.2 Å². The first-order chi connectivity index (χ1) is 9.34. The van der Waals surface area contributed by atoms with Gasteiger partial charge in [0.25, 0.3) is 0 Å². The molecule has 0 aliphatic carbocycles. The molecule has 0 amide bonds. The molecular weight excluding hydrogens is 236 g/mol. The zero-order valence-corrected chi connectivity index (χ0v) is 11.1. The van der Waals surface area contributed by atoms with E-state index in [1.807, 2.05) is 23.1 Å². The van der Waals surface area contributed by atoms with Crippen LogP contribution in [0.5, 0.6) is 0 Å². The van der Waals surface area contributed by atoms with Crippen molar-refractivity contribution in [3.63, 3.8) is 0 Å². The Morgan fingerprint density at radius 3 is 2.95 bits per heavy atom. The number of para-hydroxylation sites is 1. The monoisotopic (exact) mass is 256 g/mol. The van der Waals surface area contributed by atoms with E-state index in [1.165, 1.54) is 11.3 Å². The van der Waals surface area contributed by atoms with Gasteiger partial charge in [-0.3, -0.25) is 4.68 Å². The van der Waals surface area contributed by atoms with Crippen molar-refractivity contribution in [2.45, 2.75) is 25.4 Å². The molecule has 0 spiro atoms. The van der Waals surface area contributed by atoms with Crippen LogP contribution in [0.25, 0.3) is 0 Å². The van der Waals surface area contributed by atoms with Crippen LogP contribution in [0.1, 0.15) is 24.4 Å². The van der Waals surface area contributed by atoms with E-state index in [4.69, 9.17) is 5.73 Å². The predicted octanol–water partition coefficient (Wildman–Crippen LogP) is 2.18. The van der Waals surface area contributed by atoms with E-state index in [0.717, 1.165) is 32.5 Å². The van der Waals surface area contributed by atoms with E-state index in [1.54, 1.807) is 0 Å². The topological polar surface area (TPSA) is 47.1 Å². The number of nitrogens with two attached hydrogens (primary N) is 1. The summed E-state index contributed by atoms with van der Waals surface area (Å²) >= 11 is 0. The first-order valence-corrected chi connectivity index (χ1v) is 6.91. The molecule has 2 N–H and O–H groups in total. The number of fused-ring (bicyclic) bond motifs is 1. The molecule has 1 aromatic heterocycles. The van der Waals surface area contributed by atoms with Gasteiger partial charge in [-0.15, -0.1) is 0 Å². The number of benzene rings is 1. The van der Waals surface area contributed by atoms with Gasteiger partial charge in [-0.05, 0) is 30.5 Å². The molecule has 2 heterocycles. The zero-order valence-electron chi connectivity index (χ0n) is 11.1. The predicted molar refractivity (Wildman–Crippen MR) is 77.0 cm³/mol. The van der Waals surface area contributed by atoms with Crippen molar-refractivity contribution in [1.29, 1.82) is 0 Å². The fraction of sp³-hybridized carbons (Fsp3) is 0.400. The van der Waals surface area contributed by atoms with E-state index >= 15 is 0 Å². The molecule has 0 saturated heterocycles. The number of aromatic nitrogens is 2. The van der Waals surface area contributed by atoms with Crippen molar-refractivity contribution >= 4 is 5.69 Å². The van der Waals surface area contributed by atoms with Gasteiger partial charge in [0.2, 0.25) is 0 Å². The van der Waals surface area contributed by atoms with Gasteiger partial charge in [-0.2, -0.15) is 5.10 Å². The Bertz CT molecular complexity index is 521. The van der Waals surface area contributed by atoms with Gasteiger partial charge in [-0.25, -0.2) is 0 Å². The van der Waals surface area contributed by atoms with Gasteiger partial charge in [0.15, 0.2) is 0 Å². The van der Waals surface area contributed by atoms with Gasteiger partial charge >= 0.3 is 0 Å². The molecule has 1 aromatic carbocycles. The minimum Gasteiger partial charge on any atom is -0.369 e. The maximum absolute atomic E-state index is 6.26. The van der Waals surface area contributed by atoms with Crippen molar-refractivity contribution in [2.24, 2.45) is 5.73 Å². The molecule has 3 rings (SSSR count). The summed E-state index contributed by atoms with van der Waals surface area (Å²) < 4.78 is 1.98. The average molecular weight is 256 g/mol. The summed E-state index contributed by atoms with van der Waals surface area (Å²) in [4.78, 5) is 2.43. The summed E-state index contributed by atoms with van der Waals surface area (Å²) in [6, 6.07) is 10.7. The molecule has 100 valence electrons. The summed E-state index contributed by atoms with van der Waals surface area (Å²) in [6.45, 7) is 2.97. The second-order valence-electron chi connectivity index (χ2n) is 5.06. The summed E-state index contributed by atoms with van der Waals surface area (Å²) in [5.41, 5.74) is 8.82. The molecule has 1 aliphatic heterocycles. The lowest BCUT2D eigenvalue weighted by Crippen LogP contribution is -2.28. The van der Waals surface area contributed by atoms with Crippen molar-refractivity contribution in [3.8, 4) is 0 Å². The van der Waals surface area contributed by atoms with Crippen molar-refractivity contribution in [3.05, 3.63) is 48.3 Å². The quantitative estimate of drug-likeness (QED) is 0.915. The fourth-order valence-electron chi connectivity index (χ4n) is 2.76. The molecule has 1 aliphatic rings. The molecule has 0 saturated carbocycles. The van der Waals surface area contributed by atoms with Crippen LogP contribution in [0, 0.1) is 0 Å². The SMILES string of the molecule is NC1CCCN(CCn2cccn2)c2ccccc21. The largest absolute Gasteiger partial charge is 0.369 e. The maximum Gasteiger partial charge on any atom is 0.0584 e. The van der Waals surface area contributed by atoms with Crippen molar-refractivity contribution in [2.75, 3.05) is 18.0 Å². The van der Waals surface area contributed by atoms with Crippen LogP contribution in [0.4, 0.5) is 5.69 Å². The molecule has 0 bridgehead atoms. The highest BCUT2D eigenvalue weighted by atomic mass is 15.3. The van der Waals surface area contributed by atoms with Crippen LogP contribution in [0.15, 0.2) is 42.7 Å². The number of nitrogens with zero attached hydrogens (tertiary/aromatic N) is 3. The van der Waals surface area contributed by atoms with Crippen molar-refractivity contribution in [1.82, 2.24) is 9.78 Å². The normalized spacial score (nSPS) is 19.0. The summed E-state index contributed by atoms with van der Waals surface area (Å²) in [5.74, 6) is 0. The van der Waals surface area contributed by atoms with Crippen LogP contribution in [0.3, 0.4) is 0 Å². The molecule has 1 atom stereocenters. The second kappa shape index (κ2) is 5.45. The number of hydrogen-bond acceptors (Lipinski definition) is 3. The molecule has 19 heavy (non-hydrogen) atoms. The van der Waals surface area contributed by atoms with Crippen LogP contribution in [-0.2, 0) is 6.54 Å². The van der Waals surface area contributed by atoms with Gasteiger partial charge in [0.1, 0.15) is 0 Å². The highest BCUT2D eigenvalue weighted by molar-refractivity contribution is 5.55. The molecular formula is C15H20N4. The smallest absolute Gasteiger partial charge is 0.0584 e. The van der Waals surface area contributed by atoms with Gasteiger partial charge in [0.05, 0.1) is 6.54 Å². The third kappa shape index (κ3) is 2.63. The molecule has 0 fully saturated rings.